The summed E-state index contributed by atoms with van der Waals surface area (Å²) in [7, 11) is 0. The van der Waals surface area contributed by atoms with Gasteiger partial charge >= 0.3 is 0 Å². The summed E-state index contributed by atoms with van der Waals surface area (Å²) in [6, 6.07) is 6.36. The SMILES string of the molecule is C[C@@H]1CN(c2nc(C3CCCCC3)c3c(c2C#N)CCOC3)CCN1C(=O)c1cccs1. The third-order valence-corrected chi connectivity index (χ3v) is 8.05. The molecule has 5 rings (SSSR count). The lowest BCUT2D eigenvalue weighted by Crippen LogP contribution is -2.54. The van der Waals surface area contributed by atoms with Crippen LogP contribution in [0.1, 0.15) is 77.0 Å². The molecule has 3 aliphatic rings. The van der Waals surface area contributed by atoms with Gasteiger partial charge in [0.1, 0.15) is 11.9 Å². The smallest absolute Gasteiger partial charge is 0.264 e. The molecule has 2 aromatic rings. The minimum absolute atomic E-state index is 0.0594. The van der Waals surface area contributed by atoms with E-state index in [0.29, 0.717) is 44.3 Å². The topological polar surface area (TPSA) is 69.5 Å². The predicted molar refractivity (Wildman–Crippen MR) is 125 cm³/mol. The molecule has 1 amide bonds. The van der Waals surface area contributed by atoms with Gasteiger partial charge in [0.2, 0.25) is 0 Å². The van der Waals surface area contributed by atoms with Gasteiger partial charge in [0.15, 0.2) is 0 Å². The summed E-state index contributed by atoms with van der Waals surface area (Å²) in [5, 5.41) is 12.1. The molecule has 0 spiro atoms. The first kappa shape index (κ1) is 21.4. The molecule has 168 valence electrons. The Morgan fingerprint density at radius 2 is 2.09 bits per heavy atom. The Labute approximate surface area is 193 Å². The van der Waals surface area contributed by atoms with Gasteiger partial charge in [-0.15, -0.1) is 11.3 Å². The lowest BCUT2D eigenvalue weighted by molar-refractivity contribution is 0.0678. The second-order valence-electron chi connectivity index (χ2n) is 9.17. The van der Waals surface area contributed by atoms with Crippen molar-refractivity contribution in [2.45, 2.75) is 64.0 Å². The molecule has 2 aromatic heterocycles. The first-order valence-corrected chi connectivity index (χ1v) is 12.7. The number of piperazine rings is 1. The van der Waals surface area contributed by atoms with Gasteiger partial charge in [0.25, 0.3) is 5.91 Å². The van der Waals surface area contributed by atoms with E-state index >= 15 is 0 Å². The number of ether oxygens (including phenoxy) is 1. The van der Waals surface area contributed by atoms with Gasteiger partial charge in [0, 0.05) is 37.2 Å². The molecule has 4 heterocycles. The zero-order chi connectivity index (χ0) is 22.1. The molecule has 6 nitrogen and oxygen atoms in total. The Hall–Kier alpha value is -2.43. The second kappa shape index (κ2) is 9.21. The van der Waals surface area contributed by atoms with Crippen LogP contribution >= 0.6 is 11.3 Å². The summed E-state index contributed by atoms with van der Waals surface area (Å²) in [6.07, 6.45) is 6.92. The molecule has 2 aliphatic heterocycles. The number of carbonyl (C=O) groups is 1. The van der Waals surface area contributed by atoms with Crippen molar-refractivity contribution in [2.75, 3.05) is 31.1 Å². The average molecular weight is 451 g/mol. The summed E-state index contributed by atoms with van der Waals surface area (Å²) < 4.78 is 5.80. The van der Waals surface area contributed by atoms with Crippen LogP contribution in [-0.4, -0.2) is 48.1 Å². The van der Waals surface area contributed by atoms with Gasteiger partial charge in [-0.25, -0.2) is 4.98 Å². The molecule has 1 atom stereocenters. The fraction of sp³-hybridized carbons (Fsp3) is 0.560. The van der Waals surface area contributed by atoms with Crippen LogP contribution in [0.25, 0.3) is 0 Å². The van der Waals surface area contributed by atoms with E-state index in [1.807, 2.05) is 22.4 Å². The molecular formula is C25H30N4O2S. The van der Waals surface area contributed by atoms with E-state index < -0.39 is 0 Å². The van der Waals surface area contributed by atoms with Gasteiger partial charge in [-0.2, -0.15) is 5.26 Å². The number of nitriles is 1. The van der Waals surface area contributed by atoms with Crippen molar-refractivity contribution in [1.82, 2.24) is 9.88 Å². The van der Waals surface area contributed by atoms with E-state index in [1.54, 1.807) is 0 Å². The minimum atomic E-state index is 0.0594. The van der Waals surface area contributed by atoms with E-state index in [1.165, 1.54) is 49.0 Å². The maximum Gasteiger partial charge on any atom is 0.264 e. The van der Waals surface area contributed by atoms with Crippen LogP contribution in [-0.2, 0) is 17.8 Å². The first-order valence-electron chi connectivity index (χ1n) is 11.8. The van der Waals surface area contributed by atoms with Crippen molar-refractivity contribution in [3.63, 3.8) is 0 Å². The number of fused-ring (bicyclic) bond motifs is 1. The third-order valence-electron chi connectivity index (χ3n) is 7.19. The number of thiophene rings is 1. The Morgan fingerprint density at radius 1 is 1.25 bits per heavy atom. The van der Waals surface area contributed by atoms with Gasteiger partial charge in [-0.05, 0) is 43.2 Å². The fourth-order valence-electron chi connectivity index (χ4n) is 5.52. The number of carbonyl (C=O) groups excluding carboxylic acids is 1. The van der Waals surface area contributed by atoms with Crippen LogP contribution < -0.4 is 4.90 Å². The predicted octanol–water partition coefficient (Wildman–Crippen LogP) is 4.49. The van der Waals surface area contributed by atoms with Crippen molar-refractivity contribution in [3.8, 4) is 6.07 Å². The Balaban J connectivity index is 1.46. The summed E-state index contributed by atoms with van der Waals surface area (Å²) in [6.45, 7) is 5.36. The average Bonchev–Trinajstić information content (AvgIpc) is 3.38. The van der Waals surface area contributed by atoms with Crippen LogP contribution in [0.2, 0.25) is 0 Å². The molecule has 0 unspecified atom stereocenters. The van der Waals surface area contributed by atoms with Gasteiger partial charge in [-0.3, -0.25) is 4.79 Å². The van der Waals surface area contributed by atoms with E-state index in [2.05, 4.69) is 17.9 Å². The van der Waals surface area contributed by atoms with E-state index in [9.17, 15) is 10.1 Å². The van der Waals surface area contributed by atoms with Gasteiger partial charge in [0.05, 0.1) is 29.3 Å². The molecule has 0 aromatic carbocycles. The summed E-state index contributed by atoms with van der Waals surface area (Å²) in [5.74, 6) is 1.39. The molecule has 32 heavy (non-hydrogen) atoms. The highest BCUT2D eigenvalue weighted by molar-refractivity contribution is 7.12. The quantitative estimate of drug-likeness (QED) is 0.689. The number of nitrogens with zero attached hydrogens (tertiary/aromatic N) is 4. The van der Waals surface area contributed by atoms with E-state index in [0.717, 1.165) is 28.4 Å². The van der Waals surface area contributed by atoms with E-state index in [-0.39, 0.29) is 11.9 Å². The number of anilines is 1. The van der Waals surface area contributed by atoms with Crippen molar-refractivity contribution < 1.29 is 9.53 Å². The molecule has 7 heteroatoms. The summed E-state index contributed by atoms with van der Waals surface area (Å²) >= 11 is 1.49. The third kappa shape index (κ3) is 3.91. The van der Waals surface area contributed by atoms with Crippen LogP contribution in [0.5, 0.6) is 0 Å². The van der Waals surface area contributed by atoms with Crippen molar-refractivity contribution in [1.29, 1.82) is 5.26 Å². The maximum absolute atomic E-state index is 12.9. The van der Waals surface area contributed by atoms with Crippen molar-refractivity contribution in [3.05, 3.63) is 44.8 Å². The largest absolute Gasteiger partial charge is 0.376 e. The Kier molecular flexibility index (Phi) is 6.16. The molecule has 0 bridgehead atoms. The number of hydrogen-bond donors (Lipinski definition) is 0. The molecule has 1 aliphatic carbocycles. The molecule has 0 N–H and O–H groups in total. The molecule has 1 saturated heterocycles. The van der Waals surface area contributed by atoms with Crippen LogP contribution in [0.4, 0.5) is 5.82 Å². The molecular weight excluding hydrogens is 420 g/mol. The number of rotatable bonds is 3. The fourth-order valence-corrected chi connectivity index (χ4v) is 6.20. The maximum atomic E-state index is 12.9. The standard InChI is InChI=1S/C25H30N4O2S/c1-17-15-28(10-11-29(17)25(30)22-8-5-13-32-22)24-20(14-26)19-9-12-31-16-21(19)23(27-24)18-6-3-2-4-7-18/h5,8,13,17-18H,2-4,6-7,9-12,15-16H2,1H3/t17-/m1/s1. The number of aromatic nitrogens is 1. The van der Waals surface area contributed by atoms with Crippen molar-refractivity contribution >= 4 is 23.1 Å². The zero-order valence-electron chi connectivity index (χ0n) is 18.7. The highest BCUT2D eigenvalue weighted by atomic mass is 32.1. The first-order chi connectivity index (χ1) is 15.7. The molecule has 2 fully saturated rings. The Bertz CT molecular complexity index is 1020. The highest BCUT2D eigenvalue weighted by Gasteiger charge is 2.33. The Morgan fingerprint density at radius 3 is 2.81 bits per heavy atom. The summed E-state index contributed by atoms with van der Waals surface area (Å²) in [5.41, 5.74) is 4.20. The molecule has 0 radical (unpaired) electrons. The van der Waals surface area contributed by atoms with Gasteiger partial charge in [-0.1, -0.05) is 25.3 Å². The van der Waals surface area contributed by atoms with Crippen LogP contribution in [0.15, 0.2) is 17.5 Å². The highest BCUT2D eigenvalue weighted by Crippen LogP contribution is 2.39. The van der Waals surface area contributed by atoms with Gasteiger partial charge < -0.3 is 14.5 Å². The number of amides is 1. The van der Waals surface area contributed by atoms with Crippen LogP contribution in [0, 0.1) is 11.3 Å². The zero-order valence-corrected chi connectivity index (χ0v) is 19.5. The van der Waals surface area contributed by atoms with Crippen LogP contribution in [0.3, 0.4) is 0 Å². The van der Waals surface area contributed by atoms with E-state index in [4.69, 9.17) is 9.72 Å². The number of hydrogen-bond acceptors (Lipinski definition) is 6. The lowest BCUT2D eigenvalue weighted by atomic mass is 9.82. The monoisotopic (exact) mass is 450 g/mol. The second-order valence-corrected chi connectivity index (χ2v) is 10.1. The summed E-state index contributed by atoms with van der Waals surface area (Å²) in [4.78, 5) is 23.1. The minimum Gasteiger partial charge on any atom is -0.376 e. The van der Waals surface area contributed by atoms with Crippen molar-refractivity contribution in [2.24, 2.45) is 0 Å². The molecule has 1 saturated carbocycles. The lowest BCUT2D eigenvalue weighted by Gasteiger charge is -2.41. The number of pyridine rings is 1. The normalized spacial score (nSPS) is 21.8.